The Morgan fingerprint density at radius 3 is 2.56 bits per heavy atom. The van der Waals surface area contributed by atoms with Crippen molar-refractivity contribution in [3.05, 3.63) is 70.0 Å². The number of aliphatic hydroxyl groups is 1. The van der Waals surface area contributed by atoms with Gasteiger partial charge in [0.2, 0.25) is 5.91 Å². The van der Waals surface area contributed by atoms with Gasteiger partial charge in [-0.25, -0.2) is 4.39 Å². The molecule has 2 aromatic rings. The van der Waals surface area contributed by atoms with E-state index in [-0.39, 0.29) is 18.0 Å². The molecule has 25 heavy (non-hydrogen) atoms. The Bertz CT molecular complexity index is 737. The van der Waals surface area contributed by atoms with Crippen molar-refractivity contribution in [2.75, 3.05) is 18.4 Å². The predicted molar refractivity (Wildman–Crippen MR) is 90.6 cm³/mol. The average Bonchev–Trinajstić information content (AvgIpc) is 2.59. The van der Waals surface area contributed by atoms with Crippen LogP contribution in [0.1, 0.15) is 18.1 Å². The number of nitro groups is 1. The second-order valence-corrected chi connectivity index (χ2v) is 5.36. The molecule has 2 aromatic carbocycles. The highest BCUT2D eigenvalue weighted by Crippen LogP contribution is 2.17. The zero-order valence-electron chi connectivity index (χ0n) is 13.3. The summed E-state index contributed by atoms with van der Waals surface area (Å²) < 4.78 is 13.1. The molecule has 0 radical (unpaired) electrons. The Hall–Kier alpha value is -3.00. The van der Waals surface area contributed by atoms with E-state index in [0.717, 1.165) is 0 Å². The minimum absolute atomic E-state index is 0.00480. The molecule has 2 rings (SSSR count). The summed E-state index contributed by atoms with van der Waals surface area (Å²) in [7, 11) is 0. The van der Waals surface area contributed by atoms with E-state index in [1.807, 2.05) is 0 Å². The zero-order valence-corrected chi connectivity index (χ0v) is 13.3. The van der Waals surface area contributed by atoms with Crippen molar-refractivity contribution in [2.45, 2.75) is 12.5 Å². The van der Waals surface area contributed by atoms with Gasteiger partial charge in [0.25, 0.3) is 5.69 Å². The highest BCUT2D eigenvalue weighted by Gasteiger charge is 2.13. The third-order valence-electron chi connectivity index (χ3n) is 3.47. The molecule has 7 nitrogen and oxygen atoms in total. The van der Waals surface area contributed by atoms with Crippen LogP contribution < -0.4 is 10.6 Å². The van der Waals surface area contributed by atoms with Crippen LogP contribution in [0.15, 0.2) is 48.5 Å². The number of benzene rings is 2. The van der Waals surface area contributed by atoms with Gasteiger partial charge < -0.3 is 15.7 Å². The summed E-state index contributed by atoms with van der Waals surface area (Å²) in [6, 6.07) is 11.4. The molecule has 0 fully saturated rings. The second-order valence-electron chi connectivity index (χ2n) is 5.36. The lowest BCUT2D eigenvalue weighted by molar-refractivity contribution is -0.384. The SMILES string of the molecule is O=C(CC(O)c1cccc(F)c1)NCCNc1ccc([N+](=O)[O-])cc1. The van der Waals surface area contributed by atoms with Gasteiger partial charge >= 0.3 is 0 Å². The van der Waals surface area contributed by atoms with Crippen molar-refractivity contribution in [3.8, 4) is 0 Å². The Morgan fingerprint density at radius 1 is 1.20 bits per heavy atom. The summed E-state index contributed by atoms with van der Waals surface area (Å²) in [6.45, 7) is 0.727. The minimum Gasteiger partial charge on any atom is -0.388 e. The first kappa shape index (κ1) is 18.3. The lowest BCUT2D eigenvalue weighted by Crippen LogP contribution is -2.29. The number of aliphatic hydroxyl groups excluding tert-OH is 1. The molecule has 3 N–H and O–H groups in total. The van der Waals surface area contributed by atoms with E-state index < -0.39 is 16.8 Å². The van der Waals surface area contributed by atoms with Crippen LogP contribution in [-0.4, -0.2) is 29.0 Å². The maximum absolute atomic E-state index is 13.1. The number of hydrogen-bond donors (Lipinski definition) is 3. The number of anilines is 1. The van der Waals surface area contributed by atoms with E-state index >= 15 is 0 Å². The van der Waals surface area contributed by atoms with Crippen molar-refractivity contribution in [1.29, 1.82) is 0 Å². The van der Waals surface area contributed by atoms with Gasteiger partial charge in [-0.05, 0) is 29.8 Å². The van der Waals surface area contributed by atoms with E-state index in [4.69, 9.17) is 0 Å². The lowest BCUT2D eigenvalue weighted by atomic mass is 10.1. The van der Waals surface area contributed by atoms with Gasteiger partial charge in [-0.2, -0.15) is 0 Å². The summed E-state index contributed by atoms with van der Waals surface area (Å²) in [4.78, 5) is 21.8. The molecule has 1 atom stereocenters. The smallest absolute Gasteiger partial charge is 0.269 e. The van der Waals surface area contributed by atoms with Gasteiger partial charge in [0.1, 0.15) is 5.82 Å². The zero-order chi connectivity index (χ0) is 18.2. The van der Waals surface area contributed by atoms with Crippen molar-refractivity contribution in [1.82, 2.24) is 5.32 Å². The van der Waals surface area contributed by atoms with E-state index in [0.29, 0.717) is 24.3 Å². The van der Waals surface area contributed by atoms with Crippen LogP contribution in [-0.2, 0) is 4.79 Å². The molecule has 1 unspecified atom stereocenters. The van der Waals surface area contributed by atoms with Gasteiger partial charge in [-0.1, -0.05) is 12.1 Å². The molecular formula is C17H18FN3O4. The number of rotatable bonds is 8. The third-order valence-corrected chi connectivity index (χ3v) is 3.47. The molecule has 0 spiro atoms. The normalized spacial score (nSPS) is 11.6. The molecule has 0 aromatic heterocycles. The standard InChI is InChI=1S/C17H18FN3O4/c18-13-3-1-2-12(10-13)16(22)11-17(23)20-9-8-19-14-4-6-15(7-5-14)21(24)25/h1-7,10,16,19,22H,8-9,11H2,(H,20,23). The first-order chi connectivity index (χ1) is 12.0. The number of nitro benzene ring substituents is 1. The summed E-state index contributed by atoms with van der Waals surface area (Å²) in [5, 5.41) is 26.1. The number of carbonyl (C=O) groups excluding carboxylic acids is 1. The topological polar surface area (TPSA) is 104 Å². The molecule has 0 aliphatic heterocycles. The van der Waals surface area contributed by atoms with Crippen molar-refractivity contribution < 1.29 is 19.2 Å². The fourth-order valence-electron chi connectivity index (χ4n) is 2.19. The monoisotopic (exact) mass is 347 g/mol. The number of halogens is 1. The summed E-state index contributed by atoms with van der Waals surface area (Å²) in [6.07, 6.45) is -1.24. The maximum Gasteiger partial charge on any atom is 0.269 e. The largest absolute Gasteiger partial charge is 0.388 e. The van der Waals surface area contributed by atoms with Crippen LogP contribution >= 0.6 is 0 Å². The van der Waals surface area contributed by atoms with Crippen molar-refractivity contribution in [3.63, 3.8) is 0 Å². The number of nitrogens with zero attached hydrogens (tertiary/aromatic N) is 1. The first-order valence-electron chi connectivity index (χ1n) is 7.64. The van der Waals surface area contributed by atoms with Gasteiger partial charge in [0.15, 0.2) is 0 Å². The number of non-ortho nitro benzene ring substituents is 1. The molecule has 0 heterocycles. The van der Waals surface area contributed by atoms with Crippen LogP contribution in [0.2, 0.25) is 0 Å². The van der Waals surface area contributed by atoms with Crippen LogP contribution in [0.3, 0.4) is 0 Å². The van der Waals surface area contributed by atoms with Crippen LogP contribution in [0.25, 0.3) is 0 Å². The quantitative estimate of drug-likeness (QED) is 0.386. The molecule has 132 valence electrons. The number of amides is 1. The number of hydrogen-bond acceptors (Lipinski definition) is 5. The molecule has 8 heteroatoms. The van der Waals surface area contributed by atoms with Crippen LogP contribution in [0, 0.1) is 15.9 Å². The summed E-state index contributed by atoms with van der Waals surface area (Å²) in [5.74, 6) is -0.827. The van der Waals surface area contributed by atoms with Gasteiger partial charge in [-0.15, -0.1) is 0 Å². The second kappa shape index (κ2) is 8.74. The number of carbonyl (C=O) groups is 1. The van der Waals surface area contributed by atoms with Gasteiger partial charge in [-0.3, -0.25) is 14.9 Å². The Labute approximate surface area is 143 Å². The van der Waals surface area contributed by atoms with Crippen LogP contribution in [0.4, 0.5) is 15.8 Å². The highest BCUT2D eigenvalue weighted by atomic mass is 19.1. The van der Waals surface area contributed by atoms with E-state index in [1.165, 1.54) is 30.3 Å². The van der Waals surface area contributed by atoms with Gasteiger partial charge in [0.05, 0.1) is 17.4 Å². The summed E-state index contributed by atoms with van der Waals surface area (Å²) >= 11 is 0. The Kier molecular flexibility index (Phi) is 6.41. The van der Waals surface area contributed by atoms with Crippen molar-refractivity contribution in [2.24, 2.45) is 0 Å². The van der Waals surface area contributed by atoms with Gasteiger partial charge in [0, 0.05) is 30.9 Å². The fourth-order valence-corrected chi connectivity index (χ4v) is 2.19. The Balaban J connectivity index is 1.70. The number of nitrogens with one attached hydrogen (secondary N) is 2. The lowest BCUT2D eigenvalue weighted by Gasteiger charge is -2.12. The molecular weight excluding hydrogens is 329 g/mol. The maximum atomic E-state index is 13.1. The molecule has 0 aliphatic carbocycles. The molecule has 1 amide bonds. The highest BCUT2D eigenvalue weighted by molar-refractivity contribution is 5.76. The fraction of sp³-hybridized carbons (Fsp3) is 0.235. The molecule has 0 aliphatic rings. The average molecular weight is 347 g/mol. The third kappa shape index (κ3) is 5.85. The van der Waals surface area contributed by atoms with Crippen LogP contribution in [0.5, 0.6) is 0 Å². The molecule has 0 saturated heterocycles. The minimum atomic E-state index is -1.07. The summed E-state index contributed by atoms with van der Waals surface area (Å²) in [5.41, 5.74) is 1.05. The van der Waals surface area contributed by atoms with E-state index in [2.05, 4.69) is 10.6 Å². The van der Waals surface area contributed by atoms with E-state index in [1.54, 1.807) is 18.2 Å². The van der Waals surface area contributed by atoms with E-state index in [9.17, 15) is 24.4 Å². The molecule has 0 saturated carbocycles. The van der Waals surface area contributed by atoms with Crippen molar-refractivity contribution >= 4 is 17.3 Å². The predicted octanol–water partition coefficient (Wildman–Crippen LogP) is 2.39. The Morgan fingerprint density at radius 2 is 1.92 bits per heavy atom. The first-order valence-corrected chi connectivity index (χ1v) is 7.64. The molecule has 0 bridgehead atoms.